The van der Waals surface area contributed by atoms with Gasteiger partial charge in [-0.25, -0.2) is 0 Å². The molecule has 19 heavy (non-hydrogen) atoms. The Hall–Kier alpha value is -0.650. The highest BCUT2D eigenvalue weighted by molar-refractivity contribution is 5.81. The Labute approximate surface area is 115 Å². The molecule has 2 aliphatic rings. The lowest BCUT2D eigenvalue weighted by atomic mass is 9.83. The van der Waals surface area contributed by atoms with Gasteiger partial charge in [-0.15, -0.1) is 0 Å². The molecule has 2 aliphatic heterocycles. The van der Waals surface area contributed by atoms with E-state index in [9.17, 15) is 4.79 Å². The normalized spacial score (nSPS) is 31.2. The van der Waals surface area contributed by atoms with Crippen LogP contribution in [-0.2, 0) is 14.3 Å². The summed E-state index contributed by atoms with van der Waals surface area (Å²) in [6.07, 6.45) is 4.16. The summed E-state index contributed by atoms with van der Waals surface area (Å²) in [4.78, 5) is 14.9. The molecule has 5 nitrogen and oxygen atoms in total. The zero-order chi connectivity index (χ0) is 13.7. The molecular formula is C14H26N2O3. The summed E-state index contributed by atoms with van der Waals surface area (Å²) in [5.41, 5.74) is -0.500. The molecule has 2 heterocycles. The number of ether oxygens (including phenoxy) is 2. The number of rotatable bonds is 6. The molecule has 0 bridgehead atoms. The van der Waals surface area contributed by atoms with E-state index in [2.05, 4.69) is 10.2 Å². The smallest absolute Gasteiger partial charge is 0.326 e. The first-order valence-corrected chi connectivity index (χ1v) is 7.37. The van der Waals surface area contributed by atoms with Gasteiger partial charge in [-0.1, -0.05) is 0 Å². The van der Waals surface area contributed by atoms with Crippen molar-refractivity contribution in [2.24, 2.45) is 0 Å². The number of methoxy groups -OCH3 is 1. The van der Waals surface area contributed by atoms with Crippen LogP contribution in [0, 0.1) is 0 Å². The van der Waals surface area contributed by atoms with E-state index in [0.717, 1.165) is 19.4 Å². The van der Waals surface area contributed by atoms with Crippen molar-refractivity contribution < 1.29 is 14.3 Å². The third kappa shape index (κ3) is 3.27. The molecular weight excluding hydrogens is 244 g/mol. The van der Waals surface area contributed by atoms with Gasteiger partial charge in [0.15, 0.2) is 0 Å². The highest BCUT2D eigenvalue weighted by atomic mass is 16.5. The number of esters is 1. The fraction of sp³-hybridized carbons (Fsp3) is 0.929. The van der Waals surface area contributed by atoms with Gasteiger partial charge in [0.1, 0.15) is 5.54 Å². The largest absolute Gasteiger partial charge is 0.465 e. The number of hydrogen-bond acceptors (Lipinski definition) is 5. The molecule has 110 valence electrons. The van der Waals surface area contributed by atoms with E-state index in [1.165, 1.54) is 19.4 Å². The van der Waals surface area contributed by atoms with Crippen LogP contribution < -0.4 is 5.32 Å². The summed E-state index contributed by atoms with van der Waals surface area (Å²) in [7, 11) is 1.68. The number of fused-ring (bicyclic) bond motifs is 1. The molecule has 0 spiro atoms. The van der Waals surface area contributed by atoms with Crippen LogP contribution in [0.25, 0.3) is 0 Å². The first-order chi connectivity index (χ1) is 9.22. The lowest BCUT2D eigenvalue weighted by molar-refractivity contribution is -0.154. The third-order valence-corrected chi connectivity index (χ3v) is 4.34. The average molecular weight is 270 g/mol. The zero-order valence-electron chi connectivity index (χ0n) is 12.1. The fourth-order valence-electron chi connectivity index (χ4n) is 3.34. The minimum absolute atomic E-state index is 0.0855. The number of nitrogens with one attached hydrogen (secondary N) is 1. The molecule has 2 unspecified atom stereocenters. The quantitative estimate of drug-likeness (QED) is 0.571. The molecule has 0 aromatic carbocycles. The van der Waals surface area contributed by atoms with Gasteiger partial charge in [0, 0.05) is 26.2 Å². The molecule has 0 aromatic rings. The maximum Gasteiger partial charge on any atom is 0.326 e. The van der Waals surface area contributed by atoms with Gasteiger partial charge in [-0.05, 0) is 39.2 Å². The van der Waals surface area contributed by atoms with E-state index in [-0.39, 0.29) is 5.97 Å². The first-order valence-electron chi connectivity index (χ1n) is 7.37. The predicted octanol–water partition coefficient (Wildman–Crippen LogP) is 0.783. The Morgan fingerprint density at radius 1 is 1.47 bits per heavy atom. The summed E-state index contributed by atoms with van der Waals surface area (Å²) in [6.45, 7) is 5.80. The van der Waals surface area contributed by atoms with E-state index in [1.54, 1.807) is 7.11 Å². The van der Waals surface area contributed by atoms with Crippen LogP contribution in [-0.4, -0.2) is 62.4 Å². The number of hydrogen-bond donors (Lipinski definition) is 1. The first kappa shape index (κ1) is 14.8. The van der Waals surface area contributed by atoms with Crippen LogP contribution in [0.3, 0.4) is 0 Å². The van der Waals surface area contributed by atoms with Crippen LogP contribution in [0.2, 0.25) is 0 Å². The van der Waals surface area contributed by atoms with E-state index in [1.807, 2.05) is 6.92 Å². The van der Waals surface area contributed by atoms with Crippen molar-refractivity contribution in [3.8, 4) is 0 Å². The topological polar surface area (TPSA) is 50.8 Å². The summed E-state index contributed by atoms with van der Waals surface area (Å²) in [6, 6.07) is 0.535. The molecule has 2 rings (SSSR count). The van der Waals surface area contributed by atoms with Gasteiger partial charge in [0.05, 0.1) is 13.2 Å². The lowest BCUT2D eigenvalue weighted by Crippen LogP contribution is -2.61. The third-order valence-electron chi connectivity index (χ3n) is 4.34. The molecule has 0 amide bonds. The van der Waals surface area contributed by atoms with Gasteiger partial charge >= 0.3 is 5.97 Å². The summed E-state index contributed by atoms with van der Waals surface area (Å²) >= 11 is 0. The van der Waals surface area contributed by atoms with Crippen LogP contribution in [0.15, 0.2) is 0 Å². The molecule has 1 N–H and O–H groups in total. The fourth-order valence-corrected chi connectivity index (χ4v) is 3.34. The summed E-state index contributed by atoms with van der Waals surface area (Å²) in [5, 5.41) is 3.41. The lowest BCUT2D eigenvalue weighted by Gasteiger charge is -2.42. The molecule has 0 saturated carbocycles. The SMILES string of the molecule is CCOC(=O)C1(NCCOC)CCN2CCCC2C1. The van der Waals surface area contributed by atoms with Gasteiger partial charge in [-0.3, -0.25) is 10.1 Å². The second kappa shape index (κ2) is 6.68. The molecule has 2 atom stereocenters. The number of nitrogens with zero attached hydrogens (tertiary/aromatic N) is 1. The summed E-state index contributed by atoms with van der Waals surface area (Å²) in [5.74, 6) is -0.0855. The van der Waals surface area contributed by atoms with Crippen molar-refractivity contribution in [3.05, 3.63) is 0 Å². The molecule has 0 radical (unpaired) electrons. The van der Waals surface area contributed by atoms with Crippen molar-refractivity contribution in [1.82, 2.24) is 10.2 Å². The predicted molar refractivity (Wildman–Crippen MR) is 73.1 cm³/mol. The minimum atomic E-state index is -0.500. The molecule has 2 fully saturated rings. The van der Waals surface area contributed by atoms with Crippen molar-refractivity contribution in [3.63, 3.8) is 0 Å². The second-order valence-electron chi connectivity index (χ2n) is 5.51. The zero-order valence-corrected chi connectivity index (χ0v) is 12.1. The average Bonchev–Trinajstić information content (AvgIpc) is 2.86. The number of carbonyl (C=O) groups is 1. The maximum atomic E-state index is 12.4. The van der Waals surface area contributed by atoms with Gasteiger partial charge < -0.3 is 14.4 Å². The van der Waals surface area contributed by atoms with Crippen LogP contribution in [0.4, 0.5) is 0 Å². The van der Waals surface area contributed by atoms with E-state index in [4.69, 9.17) is 9.47 Å². The van der Waals surface area contributed by atoms with Gasteiger partial charge in [-0.2, -0.15) is 0 Å². The van der Waals surface area contributed by atoms with Crippen LogP contribution >= 0.6 is 0 Å². The Balaban J connectivity index is 2.03. The Morgan fingerprint density at radius 3 is 3.05 bits per heavy atom. The van der Waals surface area contributed by atoms with Crippen molar-refractivity contribution >= 4 is 5.97 Å². The van der Waals surface area contributed by atoms with Crippen molar-refractivity contribution in [2.75, 3.05) is 40.0 Å². The molecule has 2 saturated heterocycles. The summed E-state index contributed by atoms with van der Waals surface area (Å²) < 4.78 is 10.4. The molecule has 0 aliphatic carbocycles. The number of piperidine rings is 1. The minimum Gasteiger partial charge on any atom is -0.465 e. The Kier molecular flexibility index (Phi) is 5.19. The second-order valence-corrected chi connectivity index (χ2v) is 5.51. The Morgan fingerprint density at radius 2 is 2.32 bits per heavy atom. The van der Waals surface area contributed by atoms with Gasteiger partial charge in [0.25, 0.3) is 0 Å². The molecule has 5 heteroatoms. The van der Waals surface area contributed by atoms with E-state index in [0.29, 0.717) is 25.8 Å². The Bertz CT molecular complexity index is 311. The van der Waals surface area contributed by atoms with Crippen LogP contribution in [0.1, 0.15) is 32.6 Å². The van der Waals surface area contributed by atoms with E-state index < -0.39 is 5.54 Å². The van der Waals surface area contributed by atoms with Crippen molar-refractivity contribution in [1.29, 1.82) is 0 Å². The van der Waals surface area contributed by atoms with Crippen molar-refractivity contribution in [2.45, 2.75) is 44.2 Å². The van der Waals surface area contributed by atoms with Gasteiger partial charge in [0.2, 0.25) is 0 Å². The maximum absolute atomic E-state index is 12.4. The van der Waals surface area contributed by atoms with Crippen LogP contribution in [0.5, 0.6) is 0 Å². The molecule has 0 aromatic heterocycles. The standard InChI is InChI=1S/C14H26N2O3/c1-3-19-13(17)14(15-7-10-18-2)6-9-16-8-4-5-12(16)11-14/h12,15H,3-11H2,1-2H3. The monoisotopic (exact) mass is 270 g/mol. The highest BCUT2D eigenvalue weighted by Gasteiger charge is 2.47. The number of carbonyl (C=O) groups excluding carboxylic acids is 1. The highest BCUT2D eigenvalue weighted by Crippen LogP contribution is 2.33. The van der Waals surface area contributed by atoms with E-state index >= 15 is 0 Å².